The fourth-order valence-corrected chi connectivity index (χ4v) is 2.06. The van der Waals surface area contributed by atoms with Crippen LogP contribution in [0.25, 0.3) is 11.0 Å². The van der Waals surface area contributed by atoms with Crippen molar-refractivity contribution in [1.82, 2.24) is 9.78 Å². The molecule has 0 bridgehead atoms. The summed E-state index contributed by atoms with van der Waals surface area (Å²) in [7, 11) is 0. The zero-order valence-electron chi connectivity index (χ0n) is 10.7. The Hall–Kier alpha value is -3.09. The van der Waals surface area contributed by atoms with Crippen molar-refractivity contribution in [1.29, 1.82) is 0 Å². The summed E-state index contributed by atoms with van der Waals surface area (Å²) in [5, 5.41) is 11.9. The standard InChI is InChI=1S/C14H10N2O5/c17-12-3-4-13(18)16(15-12)7-8-1-2-10-9(5-8)6-11(21-10)14(19)20/h1-6H,7H2,(H,15,17)(H,19,20). The molecule has 2 aromatic heterocycles. The second kappa shape index (κ2) is 4.78. The first-order valence-corrected chi connectivity index (χ1v) is 6.09. The average Bonchev–Trinajstić information content (AvgIpc) is 2.86. The van der Waals surface area contributed by atoms with E-state index in [9.17, 15) is 14.4 Å². The number of aromatic amines is 1. The lowest BCUT2D eigenvalue weighted by Crippen LogP contribution is -2.28. The molecular weight excluding hydrogens is 276 g/mol. The first-order valence-electron chi connectivity index (χ1n) is 6.09. The largest absolute Gasteiger partial charge is 0.475 e. The highest BCUT2D eigenvalue weighted by molar-refractivity contribution is 5.91. The molecule has 0 spiro atoms. The number of fused-ring (bicyclic) bond motifs is 1. The smallest absolute Gasteiger partial charge is 0.371 e. The van der Waals surface area contributed by atoms with Crippen molar-refractivity contribution in [3.63, 3.8) is 0 Å². The number of carboxylic acids is 1. The Kier molecular flexibility index (Phi) is 2.94. The van der Waals surface area contributed by atoms with Crippen LogP contribution in [0, 0.1) is 0 Å². The number of carbonyl (C=O) groups is 1. The van der Waals surface area contributed by atoms with Gasteiger partial charge in [0.25, 0.3) is 11.1 Å². The molecule has 21 heavy (non-hydrogen) atoms. The van der Waals surface area contributed by atoms with Crippen LogP contribution >= 0.6 is 0 Å². The van der Waals surface area contributed by atoms with Gasteiger partial charge in [-0.3, -0.25) is 14.7 Å². The molecule has 0 unspecified atom stereocenters. The van der Waals surface area contributed by atoms with Crippen molar-refractivity contribution in [2.45, 2.75) is 6.54 Å². The van der Waals surface area contributed by atoms with Gasteiger partial charge in [0, 0.05) is 17.5 Å². The van der Waals surface area contributed by atoms with Crippen molar-refractivity contribution in [2.24, 2.45) is 0 Å². The molecule has 0 atom stereocenters. The molecule has 7 heteroatoms. The molecule has 0 saturated heterocycles. The maximum Gasteiger partial charge on any atom is 0.371 e. The number of rotatable bonds is 3. The van der Waals surface area contributed by atoms with E-state index in [0.29, 0.717) is 11.0 Å². The van der Waals surface area contributed by atoms with Crippen LogP contribution in [0.4, 0.5) is 0 Å². The lowest BCUT2D eigenvalue weighted by Gasteiger charge is -2.04. The van der Waals surface area contributed by atoms with Gasteiger partial charge in [-0.2, -0.15) is 0 Å². The maximum atomic E-state index is 11.6. The van der Waals surface area contributed by atoms with Gasteiger partial charge < -0.3 is 9.52 Å². The SMILES string of the molecule is O=C(O)c1cc2cc(Cn3[nH]c(=O)ccc3=O)ccc2o1. The Balaban J connectivity index is 2.01. The molecule has 1 aromatic carbocycles. The van der Waals surface area contributed by atoms with E-state index >= 15 is 0 Å². The first kappa shape index (κ1) is 12.9. The lowest BCUT2D eigenvalue weighted by atomic mass is 10.1. The number of aromatic nitrogens is 2. The molecule has 2 heterocycles. The van der Waals surface area contributed by atoms with Crippen LogP contribution in [-0.2, 0) is 6.54 Å². The molecule has 0 fully saturated rings. The monoisotopic (exact) mass is 286 g/mol. The van der Waals surface area contributed by atoms with Crippen molar-refractivity contribution in [2.75, 3.05) is 0 Å². The number of furan rings is 1. The van der Waals surface area contributed by atoms with Gasteiger partial charge in [0.1, 0.15) is 5.58 Å². The number of hydrogen-bond acceptors (Lipinski definition) is 4. The summed E-state index contributed by atoms with van der Waals surface area (Å²) in [5.41, 5.74) is 0.495. The average molecular weight is 286 g/mol. The Morgan fingerprint density at radius 2 is 2.00 bits per heavy atom. The van der Waals surface area contributed by atoms with E-state index < -0.39 is 5.97 Å². The van der Waals surface area contributed by atoms with E-state index in [-0.39, 0.29) is 23.4 Å². The molecule has 2 N–H and O–H groups in total. The molecule has 0 aliphatic rings. The van der Waals surface area contributed by atoms with E-state index in [1.165, 1.54) is 16.8 Å². The number of nitrogens with zero attached hydrogens (tertiary/aromatic N) is 1. The number of H-pyrrole nitrogens is 1. The molecule has 0 saturated carbocycles. The molecule has 7 nitrogen and oxygen atoms in total. The number of benzene rings is 1. The van der Waals surface area contributed by atoms with Gasteiger partial charge in [-0.15, -0.1) is 0 Å². The van der Waals surface area contributed by atoms with Gasteiger partial charge in [-0.05, 0) is 23.8 Å². The highest BCUT2D eigenvalue weighted by atomic mass is 16.4. The van der Waals surface area contributed by atoms with Crippen molar-refractivity contribution in [3.05, 3.63) is 68.4 Å². The minimum atomic E-state index is -1.14. The maximum absolute atomic E-state index is 11.6. The molecule has 3 rings (SSSR count). The van der Waals surface area contributed by atoms with E-state index in [1.54, 1.807) is 18.2 Å². The fourth-order valence-electron chi connectivity index (χ4n) is 2.06. The molecule has 3 aromatic rings. The summed E-state index contributed by atoms with van der Waals surface area (Å²) in [6.07, 6.45) is 0. The molecule has 0 amide bonds. The van der Waals surface area contributed by atoms with Crippen LogP contribution in [0.2, 0.25) is 0 Å². The topological polar surface area (TPSA) is 105 Å². The Labute approximate surface area is 117 Å². The predicted octanol–water partition coefficient (Wildman–Crippen LogP) is 1.03. The van der Waals surface area contributed by atoms with Gasteiger partial charge in [0.05, 0.1) is 6.54 Å². The third-order valence-electron chi connectivity index (χ3n) is 3.02. The highest BCUT2D eigenvalue weighted by Crippen LogP contribution is 2.21. The van der Waals surface area contributed by atoms with Gasteiger partial charge in [-0.25, -0.2) is 9.48 Å². The molecule has 106 valence electrons. The van der Waals surface area contributed by atoms with Gasteiger partial charge in [0.2, 0.25) is 5.76 Å². The molecule has 0 aliphatic heterocycles. The van der Waals surface area contributed by atoms with Crippen LogP contribution in [0.15, 0.2) is 50.4 Å². The van der Waals surface area contributed by atoms with E-state index in [4.69, 9.17) is 9.52 Å². The summed E-state index contributed by atoms with van der Waals surface area (Å²) in [6.45, 7) is 0.179. The first-order chi connectivity index (χ1) is 10.0. The zero-order valence-corrected chi connectivity index (χ0v) is 10.7. The van der Waals surface area contributed by atoms with Crippen LogP contribution < -0.4 is 11.1 Å². The summed E-state index contributed by atoms with van der Waals surface area (Å²) in [6, 6.07) is 8.81. The predicted molar refractivity (Wildman–Crippen MR) is 73.6 cm³/mol. The number of hydrogen-bond donors (Lipinski definition) is 2. The summed E-state index contributed by atoms with van der Waals surface area (Å²) in [4.78, 5) is 33.7. The third-order valence-corrected chi connectivity index (χ3v) is 3.02. The minimum Gasteiger partial charge on any atom is -0.475 e. The molecule has 0 aliphatic carbocycles. The Bertz CT molecular complexity index is 948. The number of carboxylic acid groups (broad SMARTS) is 1. The Morgan fingerprint density at radius 3 is 2.76 bits per heavy atom. The fraction of sp³-hybridized carbons (Fsp3) is 0.0714. The molecule has 0 radical (unpaired) electrons. The number of nitrogens with one attached hydrogen (secondary N) is 1. The number of aromatic carboxylic acids is 1. The van der Waals surface area contributed by atoms with E-state index in [2.05, 4.69) is 5.10 Å². The summed E-state index contributed by atoms with van der Waals surface area (Å²) >= 11 is 0. The third kappa shape index (κ3) is 2.48. The second-order valence-corrected chi connectivity index (χ2v) is 4.52. The normalized spacial score (nSPS) is 10.9. The highest BCUT2D eigenvalue weighted by Gasteiger charge is 2.10. The summed E-state index contributed by atoms with van der Waals surface area (Å²) in [5.74, 6) is -1.29. The quantitative estimate of drug-likeness (QED) is 0.748. The zero-order chi connectivity index (χ0) is 15.0. The summed E-state index contributed by atoms with van der Waals surface area (Å²) < 4.78 is 6.33. The minimum absolute atomic E-state index is 0.146. The van der Waals surface area contributed by atoms with Gasteiger partial charge in [-0.1, -0.05) is 6.07 Å². The van der Waals surface area contributed by atoms with Crippen LogP contribution in [0.5, 0.6) is 0 Å². The van der Waals surface area contributed by atoms with Crippen LogP contribution in [0.1, 0.15) is 16.1 Å². The van der Waals surface area contributed by atoms with Crippen LogP contribution in [0.3, 0.4) is 0 Å². The second-order valence-electron chi connectivity index (χ2n) is 4.52. The molecular formula is C14H10N2O5. The van der Waals surface area contributed by atoms with Gasteiger partial charge >= 0.3 is 5.97 Å². The van der Waals surface area contributed by atoms with Crippen LogP contribution in [-0.4, -0.2) is 20.9 Å². The van der Waals surface area contributed by atoms with E-state index in [0.717, 1.165) is 11.6 Å². The van der Waals surface area contributed by atoms with Gasteiger partial charge in [0.15, 0.2) is 0 Å². The van der Waals surface area contributed by atoms with Crippen molar-refractivity contribution >= 4 is 16.9 Å². The Morgan fingerprint density at radius 1 is 1.19 bits per heavy atom. The lowest BCUT2D eigenvalue weighted by molar-refractivity contribution is 0.0665. The van der Waals surface area contributed by atoms with E-state index in [1.807, 2.05) is 0 Å². The van der Waals surface area contributed by atoms with Crippen molar-refractivity contribution in [3.8, 4) is 0 Å². The van der Waals surface area contributed by atoms with Crippen molar-refractivity contribution < 1.29 is 14.3 Å².